The zero-order valence-electron chi connectivity index (χ0n) is 14.6. The molecule has 0 aromatic heterocycles. The molecule has 0 atom stereocenters. The van der Waals surface area contributed by atoms with Gasteiger partial charge in [0.05, 0.1) is 18.7 Å². The number of nitrogens with one attached hydrogen (secondary N) is 1. The predicted octanol–water partition coefficient (Wildman–Crippen LogP) is 4.28. The number of nitrogens with zero attached hydrogens (tertiary/aromatic N) is 1. The number of hydrogen-bond donors (Lipinski definition) is 2. The number of benzene rings is 2. The second kappa shape index (κ2) is 11.0. The highest BCUT2D eigenvalue weighted by Gasteiger charge is 2.30. The lowest BCUT2D eigenvalue weighted by atomic mass is 10.2. The summed E-state index contributed by atoms with van der Waals surface area (Å²) < 4.78 is 48.3. The monoisotopic (exact) mass is 495 g/mol. The number of alkyl halides is 3. The zero-order chi connectivity index (χ0) is 19.0. The topological polar surface area (TPSA) is 68.9 Å². The summed E-state index contributed by atoms with van der Waals surface area (Å²) in [7, 11) is 1.60. The van der Waals surface area contributed by atoms with Gasteiger partial charge in [-0.2, -0.15) is 13.2 Å². The van der Waals surface area contributed by atoms with Crippen LogP contribution >= 0.6 is 24.0 Å². The first-order chi connectivity index (χ1) is 12.4. The maximum atomic E-state index is 12.6. The number of aliphatic imine (C=N–C) groups is 1. The molecular formula is C18H21F3IN3O2. The molecule has 0 spiro atoms. The highest BCUT2D eigenvalue weighted by atomic mass is 127. The van der Waals surface area contributed by atoms with Crippen molar-refractivity contribution in [2.24, 2.45) is 10.7 Å². The first-order valence-corrected chi connectivity index (χ1v) is 7.84. The van der Waals surface area contributed by atoms with Crippen molar-refractivity contribution >= 4 is 35.6 Å². The van der Waals surface area contributed by atoms with Gasteiger partial charge < -0.3 is 20.5 Å². The van der Waals surface area contributed by atoms with Gasteiger partial charge in [0.1, 0.15) is 12.4 Å². The number of para-hydroxylation sites is 1. The van der Waals surface area contributed by atoms with Crippen LogP contribution in [0.4, 0.5) is 18.9 Å². The predicted molar refractivity (Wildman–Crippen MR) is 110 cm³/mol. The minimum Gasteiger partial charge on any atom is -0.492 e. The van der Waals surface area contributed by atoms with Crippen molar-refractivity contribution in [3.05, 3.63) is 59.7 Å². The quantitative estimate of drug-likeness (QED) is 0.261. The summed E-state index contributed by atoms with van der Waals surface area (Å²) in [6.07, 6.45) is -4.40. The Kier molecular flexibility index (Phi) is 9.36. The van der Waals surface area contributed by atoms with Crippen LogP contribution in [0.1, 0.15) is 11.1 Å². The summed E-state index contributed by atoms with van der Waals surface area (Å²) in [6, 6.07) is 12.2. The van der Waals surface area contributed by atoms with E-state index in [4.69, 9.17) is 15.2 Å². The van der Waals surface area contributed by atoms with Gasteiger partial charge in [0, 0.05) is 18.4 Å². The summed E-state index contributed by atoms with van der Waals surface area (Å²) in [4.78, 5) is 4.10. The Morgan fingerprint density at radius 3 is 2.59 bits per heavy atom. The molecule has 0 aliphatic rings. The Balaban J connectivity index is 0.00000364. The maximum Gasteiger partial charge on any atom is 0.416 e. The largest absolute Gasteiger partial charge is 0.492 e. The highest BCUT2D eigenvalue weighted by molar-refractivity contribution is 14.0. The SMILES string of the molecule is COCc1ccccc1NC(N)=NCCOc1cccc(C(F)(F)F)c1.I. The molecule has 0 fully saturated rings. The van der Waals surface area contributed by atoms with Gasteiger partial charge in [0.2, 0.25) is 0 Å². The third-order valence-corrected chi connectivity index (χ3v) is 3.38. The minimum atomic E-state index is -4.40. The van der Waals surface area contributed by atoms with E-state index in [1.165, 1.54) is 12.1 Å². The van der Waals surface area contributed by atoms with Crippen molar-refractivity contribution in [1.29, 1.82) is 0 Å². The summed E-state index contributed by atoms with van der Waals surface area (Å²) in [5.41, 5.74) is 6.77. The van der Waals surface area contributed by atoms with E-state index in [9.17, 15) is 13.2 Å². The third-order valence-electron chi connectivity index (χ3n) is 3.38. The molecule has 2 aromatic carbocycles. The summed E-state index contributed by atoms with van der Waals surface area (Å²) in [6.45, 7) is 0.722. The van der Waals surface area contributed by atoms with Crippen molar-refractivity contribution in [3.63, 3.8) is 0 Å². The minimum absolute atomic E-state index is 0. The Hall–Kier alpha value is -2.01. The molecule has 0 aliphatic carbocycles. The lowest BCUT2D eigenvalue weighted by Gasteiger charge is -2.11. The van der Waals surface area contributed by atoms with Crippen molar-refractivity contribution < 1.29 is 22.6 Å². The van der Waals surface area contributed by atoms with Gasteiger partial charge in [0.25, 0.3) is 0 Å². The first kappa shape index (κ1) is 23.0. The van der Waals surface area contributed by atoms with E-state index in [0.717, 1.165) is 23.4 Å². The fraction of sp³-hybridized carbons (Fsp3) is 0.278. The van der Waals surface area contributed by atoms with E-state index < -0.39 is 11.7 Å². The Bertz CT molecular complexity index is 755. The van der Waals surface area contributed by atoms with E-state index in [1.54, 1.807) is 7.11 Å². The number of guanidine groups is 1. The Morgan fingerprint density at radius 1 is 1.15 bits per heavy atom. The van der Waals surface area contributed by atoms with Gasteiger partial charge >= 0.3 is 6.18 Å². The van der Waals surface area contributed by atoms with Crippen molar-refractivity contribution in [2.45, 2.75) is 12.8 Å². The Labute approximate surface area is 172 Å². The fourth-order valence-corrected chi connectivity index (χ4v) is 2.19. The van der Waals surface area contributed by atoms with Gasteiger partial charge in [-0.15, -0.1) is 24.0 Å². The van der Waals surface area contributed by atoms with Crippen LogP contribution in [0.15, 0.2) is 53.5 Å². The van der Waals surface area contributed by atoms with Crippen molar-refractivity contribution in [2.75, 3.05) is 25.6 Å². The molecule has 0 amide bonds. The molecule has 0 saturated carbocycles. The standard InChI is InChI=1S/C18H20F3N3O2.HI/c1-25-12-13-5-2-3-8-16(13)24-17(22)23-9-10-26-15-7-4-6-14(11-15)18(19,20)21;/h2-8,11H,9-10,12H2,1H3,(H3,22,23,24);1H. The molecule has 9 heteroatoms. The van der Waals surface area contributed by atoms with Gasteiger partial charge in [-0.3, -0.25) is 0 Å². The summed E-state index contributed by atoms with van der Waals surface area (Å²) >= 11 is 0. The van der Waals surface area contributed by atoms with Crippen LogP contribution in [0.2, 0.25) is 0 Å². The summed E-state index contributed by atoms with van der Waals surface area (Å²) in [5.74, 6) is 0.313. The smallest absolute Gasteiger partial charge is 0.416 e. The number of nitrogens with two attached hydrogens (primary N) is 1. The molecule has 0 radical (unpaired) electrons. The van der Waals surface area contributed by atoms with Crippen LogP contribution < -0.4 is 15.8 Å². The van der Waals surface area contributed by atoms with Crippen LogP contribution in [0.3, 0.4) is 0 Å². The molecule has 27 heavy (non-hydrogen) atoms. The van der Waals surface area contributed by atoms with E-state index in [0.29, 0.717) is 6.61 Å². The molecule has 0 saturated heterocycles. The molecule has 0 heterocycles. The van der Waals surface area contributed by atoms with Gasteiger partial charge in [-0.05, 0) is 24.3 Å². The molecule has 2 aromatic rings. The average molecular weight is 495 g/mol. The fourth-order valence-electron chi connectivity index (χ4n) is 2.19. The molecule has 3 N–H and O–H groups in total. The summed E-state index contributed by atoms with van der Waals surface area (Å²) in [5, 5.41) is 2.97. The van der Waals surface area contributed by atoms with Crippen LogP contribution in [0.25, 0.3) is 0 Å². The van der Waals surface area contributed by atoms with E-state index in [1.807, 2.05) is 24.3 Å². The molecule has 148 valence electrons. The average Bonchev–Trinajstić information content (AvgIpc) is 2.60. The second-order valence-corrected chi connectivity index (χ2v) is 5.36. The van der Waals surface area contributed by atoms with E-state index in [-0.39, 0.29) is 48.8 Å². The molecule has 0 aliphatic heterocycles. The lowest BCUT2D eigenvalue weighted by molar-refractivity contribution is -0.137. The number of rotatable bonds is 7. The number of ether oxygens (including phenoxy) is 2. The second-order valence-electron chi connectivity index (χ2n) is 5.36. The van der Waals surface area contributed by atoms with Crippen LogP contribution in [0.5, 0.6) is 5.75 Å². The van der Waals surface area contributed by atoms with Gasteiger partial charge in [-0.25, -0.2) is 4.99 Å². The number of hydrogen-bond acceptors (Lipinski definition) is 3. The third kappa shape index (κ3) is 7.63. The molecular weight excluding hydrogens is 474 g/mol. The molecule has 5 nitrogen and oxygen atoms in total. The van der Waals surface area contributed by atoms with Gasteiger partial charge in [0.15, 0.2) is 5.96 Å². The van der Waals surface area contributed by atoms with Crippen LogP contribution in [-0.4, -0.2) is 26.2 Å². The van der Waals surface area contributed by atoms with Crippen LogP contribution in [0, 0.1) is 0 Å². The maximum absolute atomic E-state index is 12.6. The van der Waals surface area contributed by atoms with Crippen LogP contribution in [-0.2, 0) is 17.5 Å². The molecule has 0 bridgehead atoms. The van der Waals surface area contributed by atoms with Crippen molar-refractivity contribution in [1.82, 2.24) is 0 Å². The first-order valence-electron chi connectivity index (χ1n) is 7.84. The van der Waals surface area contributed by atoms with E-state index >= 15 is 0 Å². The van der Waals surface area contributed by atoms with Crippen molar-refractivity contribution in [3.8, 4) is 5.75 Å². The normalized spacial score (nSPS) is 11.6. The number of halogens is 4. The Morgan fingerprint density at radius 2 is 1.89 bits per heavy atom. The molecule has 0 unspecified atom stereocenters. The van der Waals surface area contributed by atoms with E-state index in [2.05, 4.69) is 10.3 Å². The molecule has 2 rings (SSSR count). The lowest BCUT2D eigenvalue weighted by Crippen LogP contribution is -2.24. The highest BCUT2D eigenvalue weighted by Crippen LogP contribution is 2.31. The van der Waals surface area contributed by atoms with Gasteiger partial charge in [-0.1, -0.05) is 24.3 Å². The number of methoxy groups -OCH3 is 1. The zero-order valence-corrected chi connectivity index (χ0v) is 17.0. The number of anilines is 1.